The number of amides is 2. The molecular formula is C24H23N2O5-. The van der Waals surface area contributed by atoms with Gasteiger partial charge in [0.1, 0.15) is 11.5 Å². The molecule has 2 N–H and O–H groups in total. The predicted octanol–water partition coefficient (Wildman–Crippen LogP) is 2.18. The van der Waals surface area contributed by atoms with Crippen LogP contribution in [0.2, 0.25) is 0 Å². The lowest BCUT2D eigenvalue weighted by Crippen LogP contribution is -2.51. The summed E-state index contributed by atoms with van der Waals surface area (Å²) in [5.41, 5.74) is 8.25. The highest BCUT2D eigenvalue weighted by atomic mass is 16.5. The first-order valence-corrected chi connectivity index (χ1v) is 10.2. The molecule has 2 amide bonds. The number of aliphatic carboxylic acids is 1. The van der Waals surface area contributed by atoms with Crippen molar-refractivity contribution in [2.45, 2.75) is 32.6 Å². The summed E-state index contributed by atoms with van der Waals surface area (Å²) < 4.78 is 5.90. The lowest BCUT2D eigenvalue weighted by atomic mass is 9.76. The number of allylic oxidation sites excluding steroid dienone is 2. The Labute approximate surface area is 180 Å². The van der Waals surface area contributed by atoms with Crippen LogP contribution in [-0.4, -0.2) is 17.8 Å². The van der Waals surface area contributed by atoms with Crippen molar-refractivity contribution in [1.82, 2.24) is 10.9 Å². The quantitative estimate of drug-likeness (QED) is 0.586. The first-order chi connectivity index (χ1) is 14.9. The molecule has 1 heterocycles. The number of nitrogens with one attached hydrogen (secondary N) is 2. The van der Waals surface area contributed by atoms with Crippen molar-refractivity contribution in [3.05, 3.63) is 70.8 Å². The molecule has 2 aromatic rings. The van der Waals surface area contributed by atoms with E-state index in [1.807, 2.05) is 50.2 Å². The Morgan fingerprint density at radius 3 is 1.84 bits per heavy atom. The van der Waals surface area contributed by atoms with Crippen LogP contribution in [0, 0.1) is 11.8 Å². The Morgan fingerprint density at radius 1 is 0.806 bits per heavy atom. The van der Waals surface area contributed by atoms with Crippen molar-refractivity contribution < 1.29 is 24.2 Å². The van der Waals surface area contributed by atoms with Crippen molar-refractivity contribution in [2.24, 2.45) is 11.8 Å². The van der Waals surface area contributed by atoms with Gasteiger partial charge in [0.2, 0.25) is 5.91 Å². The van der Waals surface area contributed by atoms with Gasteiger partial charge in [-0.15, -0.1) is 0 Å². The molecule has 0 saturated carbocycles. The number of carboxylic acid groups (broad SMARTS) is 1. The van der Waals surface area contributed by atoms with E-state index in [1.54, 1.807) is 12.1 Å². The molecular weight excluding hydrogens is 396 g/mol. The molecule has 7 heteroatoms. The fourth-order valence-corrected chi connectivity index (χ4v) is 4.30. The second-order valence-electron chi connectivity index (χ2n) is 8.09. The Morgan fingerprint density at radius 2 is 1.29 bits per heavy atom. The van der Waals surface area contributed by atoms with Crippen LogP contribution >= 0.6 is 0 Å². The Hall–Kier alpha value is -3.61. The lowest BCUT2D eigenvalue weighted by molar-refractivity contribution is -0.313. The molecule has 0 fully saturated rings. The van der Waals surface area contributed by atoms with Gasteiger partial charge in [0.05, 0.1) is 11.8 Å². The van der Waals surface area contributed by atoms with Crippen LogP contribution in [0.4, 0.5) is 0 Å². The summed E-state index contributed by atoms with van der Waals surface area (Å²) in [5, 5.41) is 11.6. The summed E-state index contributed by atoms with van der Waals surface area (Å²) in [7, 11) is 0. The Kier molecular flexibility index (Phi) is 5.50. The molecule has 0 saturated heterocycles. The van der Waals surface area contributed by atoms with Gasteiger partial charge in [0.15, 0.2) is 0 Å². The number of carbonyl (C=O) groups excluding carboxylic acids is 3. The predicted molar refractivity (Wildman–Crippen MR) is 111 cm³/mol. The maximum absolute atomic E-state index is 13.1. The van der Waals surface area contributed by atoms with Gasteiger partial charge in [0, 0.05) is 23.0 Å². The van der Waals surface area contributed by atoms with Crippen LogP contribution in [0.15, 0.2) is 59.7 Å². The highest BCUT2D eigenvalue weighted by Crippen LogP contribution is 2.43. The zero-order valence-electron chi connectivity index (χ0n) is 17.3. The summed E-state index contributed by atoms with van der Waals surface area (Å²) in [6.45, 7) is 3.75. The van der Waals surface area contributed by atoms with Crippen LogP contribution in [0.5, 0.6) is 11.5 Å². The van der Waals surface area contributed by atoms with Crippen molar-refractivity contribution in [3.8, 4) is 11.5 Å². The molecule has 160 valence electrons. The minimum absolute atomic E-state index is 0.265. The normalized spacial score (nSPS) is 20.2. The van der Waals surface area contributed by atoms with Crippen LogP contribution in [0.25, 0.3) is 0 Å². The van der Waals surface area contributed by atoms with Gasteiger partial charge in [-0.1, -0.05) is 47.5 Å². The molecule has 31 heavy (non-hydrogen) atoms. The minimum Gasteiger partial charge on any atom is -0.550 e. The zero-order valence-corrected chi connectivity index (χ0v) is 17.3. The maximum Gasteiger partial charge on any atom is 0.250 e. The molecule has 0 bridgehead atoms. The van der Waals surface area contributed by atoms with E-state index in [1.165, 1.54) is 0 Å². The van der Waals surface area contributed by atoms with Gasteiger partial charge >= 0.3 is 0 Å². The van der Waals surface area contributed by atoms with Crippen molar-refractivity contribution in [1.29, 1.82) is 0 Å². The summed E-state index contributed by atoms with van der Waals surface area (Å²) in [5.74, 6) is -3.47. The molecule has 4 rings (SSSR count). The second-order valence-corrected chi connectivity index (χ2v) is 8.09. The van der Waals surface area contributed by atoms with E-state index < -0.39 is 35.5 Å². The lowest BCUT2D eigenvalue weighted by Gasteiger charge is -2.33. The van der Waals surface area contributed by atoms with Gasteiger partial charge in [0.25, 0.3) is 5.91 Å². The molecule has 0 aromatic heterocycles. The maximum atomic E-state index is 13.1. The molecule has 0 unspecified atom stereocenters. The molecule has 7 nitrogen and oxygen atoms in total. The van der Waals surface area contributed by atoms with Crippen LogP contribution < -0.4 is 20.7 Å². The van der Waals surface area contributed by atoms with Crippen molar-refractivity contribution in [3.63, 3.8) is 0 Å². The highest BCUT2D eigenvalue weighted by molar-refractivity contribution is 5.92. The SMILES string of the molecule is CC1=C(C)C[C@@H](C(=O)NNC(=O)C2c3ccccc3Oc3ccccc32)[C@H](C(=O)[O-])C1. The molecule has 0 radical (unpaired) electrons. The molecule has 2 aliphatic rings. The molecule has 2 atom stereocenters. The largest absolute Gasteiger partial charge is 0.550 e. The van der Waals surface area contributed by atoms with Gasteiger partial charge in [-0.2, -0.15) is 0 Å². The minimum atomic E-state index is -1.26. The monoisotopic (exact) mass is 419 g/mol. The van der Waals surface area contributed by atoms with Gasteiger partial charge in [-0.05, 0) is 38.8 Å². The highest BCUT2D eigenvalue weighted by Gasteiger charge is 2.36. The number of para-hydroxylation sites is 2. The van der Waals surface area contributed by atoms with Gasteiger partial charge in [-0.3, -0.25) is 20.4 Å². The van der Waals surface area contributed by atoms with E-state index in [-0.39, 0.29) is 6.42 Å². The summed E-state index contributed by atoms with van der Waals surface area (Å²) in [6.07, 6.45) is 0.579. The van der Waals surface area contributed by atoms with Crippen LogP contribution in [-0.2, 0) is 14.4 Å². The average molecular weight is 419 g/mol. The topological polar surface area (TPSA) is 108 Å². The first kappa shape index (κ1) is 20.7. The number of hydrogen-bond acceptors (Lipinski definition) is 5. The summed E-state index contributed by atoms with van der Waals surface area (Å²) >= 11 is 0. The Bertz CT molecular complexity index is 1050. The number of carboxylic acids is 1. The second kappa shape index (κ2) is 8.26. The van der Waals surface area contributed by atoms with Gasteiger partial charge < -0.3 is 14.6 Å². The number of hydrogen-bond donors (Lipinski definition) is 2. The summed E-state index contributed by atoms with van der Waals surface area (Å²) in [4.78, 5) is 37.5. The van der Waals surface area contributed by atoms with E-state index >= 15 is 0 Å². The van der Waals surface area contributed by atoms with E-state index in [0.717, 1.165) is 11.1 Å². The fraction of sp³-hybridized carbons (Fsp3) is 0.292. The third-order valence-corrected chi connectivity index (χ3v) is 6.16. The fourth-order valence-electron chi connectivity index (χ4n) is 4.30. The third-order valence-electron chi connectivity index (χ3n) is 6.16. The first-order valence-electron chi connectivity index (χ1n) is 10.2. The summed E-state index contributed by atoms with van der Waals surface area (Å²) in [6, 6.07) is 14.5. The van der Waals surface area contributed by atoms with Crippen LogP contribution in [0.3, 0.4) is 0 Å². The van der Waals surface area contributed by atoms with E-state index in [2.05, 4.69) is 10.9 Å². The zero-order chi connectivity index (χ0) is 22.1. The third kappa shape index (κ3) is 3.91. The number of ether oxygens (including phenoxy) is 1. The molecule has 0 spiro atoms. The smallest absolute Gasteiger partial charge is 0.250 e. The molecule has 1 aliphatic carbocycles. The van der Waals surface area contributed by atoms with Gasteiger partial charge in [-0.25, -0.2) is 0 Å². The standard InChI is InChI=1S/C24H24N2O5/c1-13-11-17(18(24(29)30)12-14(13)2)22(27)25-26-23(28)21-15-7-3-5-9-19(15)31-20-10-6-4-8-16(20)21/h3-10,17-18,21H,11-12H2,1-2H3,(H,25,27)(H,26,28)(H,29,30)/p-1/t17-,18-/m1/s1. The van der Waals surface area contributed by atoms with Crippen LogP contribution in [0.1, 0.15) is 43.7 Å². The molecule has 2 aromatic carbocycles. The van der Waals surface area contributed by atoms with E-state index in [0.29, 0.717) is 29.0 Å². The van der Waals surface area contributed by atoms with Crippen molar-refractivity contribution in [2.75, 3.05) is 0 Å². The van der Waals surface area contributed by atoms with Crippen molar-refractivity contribution >= 4 is 17.8 Å². The molecule has 1 aliphatic heterocycles. The Balaban J connectivity index is 1.53. The number of hydrazine groups is 1. The number of rotatable bonds is 3. The number of benzene rings is 2. The number of fused-ring (bicyclic) bond motifs is 2. The number of carbonyl (C=O) groups is 3. The van der Waals surface area contributed by atoms with E-state index in [9.17, 15) is 19.5 Å². The van der Waals surface area contributed by atoms with E-state index in [4.69, 9.17) is 4.74 Å². The average Bonchev–Trinajstić information content (AvgIpc) is 2.76.